The number of nitrogens with zero attached hydrogens (tertiary/aromatic N) is 1. The van der Waals surface area contributed by atoms with Crippen LogP contribution in [0.4, 0.5) is 5.69 Å². The minimum atomic E-state index is -0.704. The monoisotopic (exact) mass is 358 g/mol. The number of fused-ring (bicyclic) bond motifs is 1. The molecule has 0 radical (unpaired) electrons. The Hall–Kier alpha value is -2.53. The van der Waals surface area contributed by atoms with Crippen molar-refractivity contribution in [2.75, 3.05) is 18.1 Å². The lowest BCUT2D eigenvalue weighted by Crippen LogP contribution is -2.38. The third kappa shape index (κ3) is 3.61. The number of amides is 2. The van der Waals surface area contributed by atoms with Crippen LogP contribution in [-0.4, -0.2) is 25.0 Å². The molecule has 0 bridgehead atoms. The van der Waals surface area contributed by atoms with Gasteiger partial charge in [-0.15, -0.1) is 0 Å². The van der Waals surface area contributed by atoms with E-state index in [4.69, 9.17) is 16.3 Å². The molecule has 2 aromatic rings. The summed E-state index contributed by atoms with van der Waals surface area (Å²) < 4.78 is 5.79. The summed E-state index contributed by atoms with van der Waals surface area (Å²) in [5, 5.41) is 3.22. The fourth-order valence-corrected chi connectivity index (χ4v) is 3.13. The number of hydrogen-bond acceptors (Lipinski definition) is 3. The number of para-hydroxylation sites is 1. The molecule has 0 aromatic heterocycles. The minimum absolute atomic E-state index is 0.180. The molecule has 0 spiro atoms. The molecular weight excluding hydrogens is 340 g/mol. The summed E-state index contributed by atoms with van der Waals surface area (Å²) in [6, 6.07) is 12.3. The van der Waals surface area contributed by atoms with Gasteiger partial charge >= 0.3 is 0 Å². The van der Waals surface area contributed by atoms with E-state index in [-0.39, 0.29) is 11.8 Å². The van der Waals surface area contributed by atoms with Crippen molar-refractivity contribution in [3.8, 4) is 5.75 Å². The zero-order valence-electron chi connectivity index (χ0n) is 14.1. The molecule has 130 valence electrons. The van der Waals surface area contributed by atoms with Crippen LogP contribution in [0.15, 0.2) is 42.5 Å². The van der Waals surface area contributed by atoms with E-state index in [1.54, 1.807) is 23.1 Å². The molecule has 25 heavy (non-hydrogen) atoms. The van der Waals surface area contributed by atoms with Crippen molar-refractivity contribution >= 4 is 29.1 Å². The zero-order valence-corrected chi connectivity index (χ0v) is 14.8. The SMILES string of the molecule is CC(=O)NC1C(=O)N(CCOc2ccccc2C)c2ccc(Cl)cc21. The predicted octanol–water partition coefficient (Wildman–Crippen LogP) is 3.25. The Morgan fingerprint density at radius 1 is 1.28 bits per heavy atom. The number of aryl methyl sites for hydroxylation is 1. The lowest BCUT2D eigenvalue weighted by Gasteiger charge is -2.19. The van der Waals surface area contributed by atoms with Gasteiger partial charge in [-0.3, -0.25) is 9.59 Å². The number of hydrogen-bond donors (Lipinski definition) is 1. The van der Waals surface area contributed by atoms with Crippen molar-refractivity contribution in [3.63, 3.8) is 0 Å². The second kappa shape index (κ2) is 7.15. The van der Waals surface area contributed by atoms with Crippen LogP contribution in [0.3, 0.4) is 0 Å². The van der Waals surface area contributed by atoms with Crippen molar-refractivity contribution in [2.45, 2.75) is 19.9 Å². The fourth-order valence-electron chi connectivity index (χ4n) is 2.95. The van der Waals surface area contributed by atoms with Crippen LogP contribution in [0.5, 0.6) is 5.75 Å². The highest BCUT2D eigenvalue weighted by molar-refractivity contribution is 6.31. The van der Waals surface area contributed by atoms with Gasteiger partial charge in [-0.2, -0.15) is 0 Å². The molecule has 6 heteroatoms. The number of nitrogens with one attached hydrogen (secondary N) is 1. The van der Waals surface area contributed by atoms with Gasteiger partial charge < -0.3 is 15.0 Å². The van der Waals surface area contributed by atoms with Crippen molar-refractivity contribution in [3.05, 3.63) is 58.6 Å². The number of halogens is 1. The van der Waals surface area contributed by atoms with E-state index in [1.807, 2.05) is 31.2 Å². The predicted molar refractivity (Wildman–Crippen MR) is 97.0 cm³/mol. The fraction of sp³-hybridized carbons (Fsp3) is 0.263. The van der Waals surface area contributed by atoms with E-state index in [2.05, 4.69) is 5.32 Å². The standard InChI is InChI=1S/C19H19ClN2O3/c1-12-5-3-4-6-17(12)25-10-9-22-16-8-7-14(20)11-15(16)18(19(22)24)21-13(2)23/h3-8,11,18H,9-10H2,1-2H3,(H,21,23). The minimum Gasteiger partial charge on any atom is -0.491 e. The van der Waals surface area contributed by atoms with Crippen molar-refractivity contribution in [1.29, 1.82) is 0 Å². The van der Waals surface area contributed by atoms with Gasteiger partial charge in [0, 0.05) is 23.2 Å². The van der Waals surface area contributed by atoms with E-state index in [1.165, 1.54) is 6.92 Å². The first kappa shape index (κ1) is 17.3. The van der Waals surface area contributed by atoms with E-state index in [0.29, 0.717) is 23.7 Å². The topological polar surface area (TPSA) is 58.6 Å². The van der Waals surface area contributed by atoms with Crippen LogP contribution in [0.1, 0.15) is 24.1 Å². The highest BCUT2D eigenvalue weighted by Gasteiger charge is 2.37. The molecule has 3 rings (SSSR count). The highest BCUT2D eigenvalue weighted by Crippen LogP contribution is 2.37. The van der Waals surface area contributed by atoms with Crippen LogP contribution in [0.2, 0.25) is 5.02 Å². The van der Waals surface area contributed by atoms with E-state index in [0.717, 1.165) is 17.0 Å². The summed E-state index contributed by atoms with van der Waals surface area (Å²) >= 11 is 6.06. The second-order valence-electron chi connectivity index (χ2n) is 5.94. The van der Waals surface area contributed by atoms with Crippen LogP contribution < -0.4 is 15.0 Å². The summed E-state index contributed by atoms with van der Waals surface area (Å²) in [5.74, 6) is 0.354. The molecule has 2 amide bonds. The van der Waals surface area contributed by atoms with Gasteiger partial charge in [0.05, 0.1) is 6.54 Å². The number of rotatable bonds is 5. The van der Waals surface area contributed by atoms with Gasteiger partial charge in [0.2, 0.25) is 5.91 Å². The van der Waals surface area contributed by atoms with E-state index in [9.17, 15) is 9.59 Å². The number of benzene rings is 2. The maximum absolute atomic E-state index is 12.7. The molecule has 0 saturated heterocycles. The number of ether oxygens (including phenoxy) is 1. The van der Waals surface area contributed by atoms with Gasteiger partial charge in [0.15, 0.2) is 0 Å². The van der Waals surface area contributed by atoms with Crippen molar-refractivity contribution < 1.29 is 14.3 Å². The molecule has 0 fully saturated rings. The maximum atomic E-state index is 12.7. The van der Waals surface area contributed by atoms with Crippen LogP contribution in [0.25, 0.3) is 0 Å². The lowest BCUT2D eigenvalue weighted by molar-refractivity contribution is -0.126. The van der Waals surface area contributed by atoms with E-state index >= 15 is 0 Å². The Morgan fingerprint density at radius 2 is 2.04 bits per heavy atom. The highest BCUT2D eigenvalue weighted by atomic mass is 35.5. The molecule has 1 atom stereocenters. The van der Waals surface area contributed by atoms with Crippen LogP contribution >= 0.6 is 11.6 Å². The summed E-state index contributed by atoms with van der Waals surface area (Å²) in [7, 11) is 0. The first-order valence-corrected chi connectivity index (χ1v) is 8.41. The summed E-state index contributed by atoms with van der Waals surface area (Å²) in [5.41, 5.74) is 2.50. The van der Waals surface area contributed by atoms with Gasteiger partial charge in [0.25, 0.3) is 5.91 Å². The van der Waals surface area contributed by atoms with Crippen LogP contribution in [-0.2, 0) is 9.59 Å². The third-order valence-electron chi connectivity index (χ3n) is 4.12. The molecule has 0 aliphatic carbocycles. The third-order valence-corrected chi connectivity index (χ3v) is 4.35. The maximum Gasteiger partial charge on any atom is 0.254 e. The zero-order chi connectivity index (χ0) is 18.0. The molecule has 2 aromatic carbocycles. The second-order valence-corrected chi connectivity index (χ2v) is 6.38. The smallest absolute Gasteiger partial charge is 0.254 e. The molecule has 1 aliphatic heterocycles. The van der Waals surface area contributed by atoms with Gasteiger partial charge in [-0.1, -0.05) is 29.8 Å². The largest absolute Gasteiger partial charge is 0.491 e. The first-order valence-electron chi connectivity index (χ1n) is 8.03. The summed E-state index contributed by atoms with van der Waals surface area (Å²) in [6.45, 7) is 4.10. The van der Waals surface area contributed by atoms with Crippen LogP contribution in [0, 0.1) is 6.92 Å². The molecule has 1 heterocycles. The Labute approximate surface area is 151 Å². The molecule has 5 nitrogen and oxygen atoms in total. The Bertz CT molecular complexity index is 822. The quantitative estimate of drug-likeness (QED) is 0.892. The number of carbonyl (C=O) groups excluding carboxylic acids is 2. The molecular formula is C19H19ClN2O3. The molecule has 0 saturated carbocycles. The number of carbonyl (C=O) groups is 2. The normalized spacial score (nSPS) is 15.9. The van der Waals surface area contributed by atoms with E-state index < -0.39 is 6.04 Å². The Morgan fingerprint density at radius 3 is 2.76 bits per heavy atom. The Kier molecular flexibility index (Phi) is 4.95. The number of anilines is 1. The molecule has 1 N–H and O–H groups in total. The van der Waals surface area contributed by atoms with Gasteiger partial charge in [-0.25, -0.2) is 0 Å². The first-order chi connectivity index (χ1) is 12.0. The average molecular weight is 359 g/mol. The van der Waals surface area contributed by atoms with Crippen molar-refractivity contribution in [1.82, 2.24) is 5.32 Å². The van der Waals surface area contributed by atoms with Crippen molar-refractivity contribution in [2.24, 2.45) is 0 Å². The Balaban J connectivity index is 1.76. The average Bonchev–Trinajstić information content (AvgIpc) is 2.81. The molecule has 1 unspecified atom stereocenters. The molecule has 1 aliphatic rings. The summed E-state index contributed by atoms with van der Waals surface area (Å²) in [4.78, 5) is 25.8. The van der Waals surface area contributed by atoms with Gasteiger partial charge in [0.1, 0.15) is 18.4 Å². The van der Waals surface area contributed by atoms with Gasteiger partial charge in [-0.05, 0) is 36.8 Å². The summed E-state index contributed by atoms with van der Waals surface area (Å²) in [6.07, 6.45) is 0. The lowest BCUT2D eigenvalue weighted by atomic mass is 10.1.